The number of carbonyl (C=O) groups excluding carboxylic acids is 1. The highest BCUT2D eigenvalue weighted by Crippen LogP contribution is 2.28. The van der Waals surface area contributed by atoms with Crippen molar-refractivity contribution in [2.75, 3.05) is 0 Å². The highest BCUT2D eigenvalue weighted by Gasteiger charge is 2.17. The van der Waals surface area contributed by atoms with E-state index in [0.717, 1.165) is 6.33 Å². The topological polar surface area (TPSA) is 68.9 Å². The molecule has 2 N–H and O–H groups in total. The highest BCUT2D eigenvalue weighted by molar-refractivity contribution is 6.31. The van der Waals surface area contributed by atoms with Crippen LogP contribution < -0.4 is 5.73 Å². The molecule has 92 valence electrons. The first-order valence-electron chi connectivity index (χ1n) is 4.76. The molecule has 18 heavy (non-hydrogen) atoms. The predicted octanol–water partition coefficient (Wildman–Crippen LogP) is 2.69. The Labute approximate surface area is 112 Å². The molecule has 0 spiro atoms. The van der Waals surface area contributed by atoms with Crippen LogP contribution in [0.1, 0.15) is 10.4 Å². The molecule has 1 aromatic heterocycles. The maximum absolute atomic E-state index is 13.8. The lowest BCUT2D eigenvalue weighted by atomic mass is 10.0. The number of carbonyl (C=O) groups is 1. The normalized spacial score (nSPS) is 10.4. The van der Waals surface area contributed by atoms with Crippen molar-refractivity contribution in [3.05, 3.63) is 46.1 Å². The van der Waals surface area contributed by atoms with Gasteiger partial charge in [0, 0.05) is 10.6 Å². The molecule has 0 radical (unpaired) electrons. The lowest BCUT2D eigenvalue weighted by Crippen LogP contribution is -2.13. The highest BCUT2D eigenvalue weighted by atomic mass is 35.5. The van der Waals surface area contributed by atoms with E-state index in [4.69, 9.17) is 28.9 Å². The van der Waals surface area contributed by atoms with Crippen LogP contribution in [0.25, 0.3) is 11.3 Å². The fourth-order valence-corrected chi connectivity index (χ4v) is 1.77. The summed E-state index contributed by atoms with van der Waals surface area (Å²) in [4.78, 5) is 18.6. The van der Waals surface area contributed by atoms with E-state index < -0.39 is 11.7 Å². The number of rotatable bonds is 2. The third kappa shape index (κ3) is 2.27. The Balaban J connectivity index is 2.71. The van der Waals surface area contributed by atoms with Gasteiger partial charge < -0.3 is 5.73 Å². The van der Waals surface area contributed by atoms with Crippen molar-refractivity contribution in [1.82, 2.24) is 9.97 Å². The smallest absolute Gasteiger partial charge is 0.249 e. The van der Waals surface area contributed by atoms with Crippen LogP contribution in [0.2, 0.25) is 10.2 Å². The van der Waals surface area contributed by atoms with Crippen LogP contribution in [-0.2, 0) is 0 Å². The van der Waals surface area contributed by atoms with Gasteiger partial charge in [-0.05, 0) is 12.1 Å². The zero-order valence-corrected chi connectivity index (χ0v) is 10.3. The zero-order chi connectivity index (χ0) is 13.3. The number of nitrogens with zero attached hydrogens (tertiary/aromatic N) is 2. The molecule has 0 aliphatic carbocycles. The van der Waals surface area contributed by atoms with Crippen molar-refractivity contribution in [1.29, 1.82) is 0 Å². The molecule has 7 heteroatoms. The Morgan fingerprint density at radius 1 is 1.28 bits per heavy atom. The van der Waals surface area contributed by atoms with Gasteiger partial charge in [-0.2, -0.15) is 0 Å². The maximum Gasteiger partial charge on any atom is 0.249 e. The van der Waals surface area contributed by atoms with Gasteiger partial charge >= 0.3 is 0 Å². The van der Waals surface area contributed by atoms with Crippen LogP contribution >= 0.6 is 23.2 Å². The number of aromatic nitrogens is 2. The molecule has 2 rings (SSSR count). The molecule has 1 aromatic carbocycles. The molecule has 0 aliphatic heterocycles. The zero-order valence-electron chi connectivity index (χ0n) is 8.82. The van der Waals surface area contributed by atoms with E-state index in [1.54, 1.807) is 0 Å². The van der Waals surface area contributed by atoms with Gasteiger partial charge in [-0.3, -0.25) is 4.79 Å². The molecule has 0 bridgehead atoms. The van der Waals surface area contributed by atoms with E-state index >= 15 is 0 Å². The second kappa shape index (κ2) is 4.88. The summed E-state index contributed by atoms with van der Waals surface area (Å²) in [5.41, 5.74) is 5.40. The summed E-state index contributed by atoms with van der Waals surface area (Å²) in [6, 6.07) is 4.29. The fourth-order valence-electron chi connectivity index (χ4n) is 1.46. The van der Waals surface area contributed by atoms with Crippen molar-refractivity contribution in [3.63, 3.8) is 0 Å². The summed E-state index contributed by atoms with van der Waals surface area (Å²) in [6.45, 7) is 0. The number of hydrogen-bond donors (Lipinski definition) is 1. The lowest BCUT2D eigenvalue weighted by molar-refractivity contribution is 0.100. The molecule has 2 aromatic rings. The lowest BCUT2D eigenvalue weighted by Gasteiger charge is -2.07. The Morgan fingerprint density at radius 2 is 2.00 bits per heavy atom. The minimum absolute atomic E-state index is 0.0659. The molecule has 1 amide bonds. The van der Waals surface area contributed by atoms with Gasteiger partial charge in [-0.15, -0.1) is 0 Å². The number of benzene rings is 1. The first-order chi connectivity index (χ1) is 8.50. The van der Waals surface area contributed by atoms with Crippen LogP contribution in [0.5, 0.6) is 0 Å². The molecule has 0 atom stereocenters. The predicted molar refractivity (Wildman–Crippen MR) is 66.0 cm³/mol. The van der Waals surface area contributed by atoms with Gasteiger partial charge in [0.25, 0.3) is 0 Å². The number of hydrogen-bond acceptors (Lipinski definition) is 3. The molecular formula is C11H6Cl2FN3O. The monoisotopic (exact) mass is 285 g/mol. The number of nitrogens with two attached hydrogens (primary N) is 1. The number of amides is 1. The number of halogens is 3. The third-order valence-electron chi connectivity index (χ3n) is 2.25. The van der Waals surface area contributed by atoms with E-state index in [-0.39, 0.29) is 22.0 Å². The SMILES string of the molecule is NC(=O)c1cc(Cl)ccc1-c1ncnc(Cl)c1F. The molecule has 4 nitrogen and oxygen atoms in total. The standard InChI is InChI=1S/C11H6Cl2FN3O/c12-5-1-2-6(7(3-5)11(15)18)9-8(14)10(13)17-4-16-9/h1-4H,(H2,15,18). The quantitative estimate of drug-likeness (QED) is 0.863. The Morgan fingerprint density at radius 3 is 2.67 bits per heavy atom. The molecular weight excluding hydrogens is 280 g/mol. The number of primary amides is 1. The van der Waals surface area contributed by atoms with Gasteiger partial charge in [0.15, 0.2) is 11.0 Å². The van der Waals surface area contributed by atoms with Gasteiger partial charge in [-0.1, -0.05) is 29.3 Å². The summed E-state index contributed by atoms with van der Waals surface area (Å²) in [6.07, 6.45) is 1.10. The third-order valence-corrected chi connectivity index (χ3v) is 2.75. The van der Waals surface area contributed by atoms with Crippen LogP contribution in [0, 0.1) is 5.82 Å². The Hall–Kier alpha value is -1.72. The minimum Gasteiger partial charge on any atom is -0.366 e. The Bertz CT molecular complexity index is 634. The van der Waals surface area contributed by atoms with E-state index in [1.807, 2.05) is 0 Å². The van der Waals surface area contributed by atoms with E-state index in [2.05, 4.69) is 9.97 Å². The average Bonchev–Trinajstić information content (AvgIpc) is 2.33. The van der Waals surface area contributed by atoms with Gasteiger partial charge in [0.1, 0.15) is 12.0 Å². The van der Waals surface area contributed by atoms with Crippen LogP contribution in [0.4, 0.5) is 4.39 Å². The first kappa shape index (κ1) is 12.7. The molecule has 0 aliphatic rings. The fraction of sp³-hybridized carbons (Fsp3) is 0. The van der Waals surface area contributed by atoms with Crippen molar-refractivity contribution >= 4 is 29.1 Å². The van der Waals surface area contributed by atoms with Crippen molar-refractivity contribution in [2.24, 2.45) is 5.73 Å². The van der Waals surface area contributed by atoms with E-state index in [9.17, 15) is 9.18 Å². The Kier molecular flexibility index (Phi) is 3.45. The van der Waals surface area contributed by atoms with Crippen LogP contribution in [-0.4, -0.2) is 15.9 Å². The maximum atomic E-state index is 13.8. The summed E-state index contributed by atoms with van der Waals surface area (Å²) in [5, 5.41) is -0.0153. The van der Waals surface area contributed by atoms with Crippen molar-refractivity contribution in [3.8, 4) is 11.3 Å². The molecule has 0 saturated carbocycles. The van der Waals surface area contributed by atoms with E-state index in [1.165, 1.54) is 18.2 Å². The largest absolute Gasteiger partial charge is 0.366 e. The molecule has 0 fully saturated rings. The second-order valence-corrected chi connectivity index (χ2v) is 4.18. The molecule has 0 saturated heterocycles. The molecule has 1 heterocycles. The molecule has 0 unspecified atom stereocenters. The summed E-state index contributed by atoms with van der Waals surface area (Å²) in [7, 11) is 0. The summed E-state index contributed by atoms with van der Waals surface area (Å²) < 4.78 is 13.8. The van der Waals surface area contributed by atoms with E-state index in [0.29, 0.717) is 5.02 Å². The van der Waals surface area contributed by atoms with Crippen LogP contribution in [0.3, 0.4) is 0 Å². The van der Waals surface area contributed by atoms with Crippen molar-refractivity contribution < 1.29 is 9.18 Å². The van der Waals surface area contributed by atoms with Crippen molar-refractivity contribution in [2.45, 2.75) is 0 Å². The van der Waals surface area contributed by atoms with Gasteiger partial charge in [0.05, 0.1) is 5.56 Å². The minimum atomic E-state index is -0.816. The summed E-state index contributed by atoms with van der Waals surface area (Å²) in [5.74, 6) is -1.55. The van der Waals surface area contributed by atoms with Gasteiger partial charge in [-0.25, -0.2) is 14.4 Å². The first-order valence-corrected chi connectivity index (χ1v) is 5.52. The van der Waals surface area contributed by atoms with Gasteiger partial charge in [0.2, 0.25) is 5.91 Å². The van der Waals surface area contributed by atoms with Crippen LogP contribution in [0.15, 0.2) is 24.5 Å². The average molecular weight is 286 g/mol. The summed E-state index contributed by atoms with van der Waals surface area (Å²) >= 11 is 11.3. The second-order valence-electron chi connectivity index (χ2n) is 3.38.